The van der Waals surface area contributed by atoms with E-state index in [1.807, 2.05) is 24.3 Å². The highest BCUT2D eigenvalue weighted by Crippen LogP contribution is 2.22. The van der Waals surface area contributed by atoms with E-state index >= 15 is 0 Å². The van der Waals surface area contributed by atoms with Gasteiger partial charge in [-0.25, -0.2) is 8.42 Å². The number of anilines is 1. The minimum atomic E-state index is -3.46. The molecule has 1 heterocycles. The first kappa shape index (κ1) is 22.1. The predicted octanol–water partition coefficient (Wildman–Crippen LogP) is 3.67. The van der Waals surface area contributed by atoms with Crippen LogP contribution in [-0.4, -0.2) is 45.4 Å². The quantitative estimate of drug-likeness (QED) is 0.611. The van der Waals surface area contributed by atoms with Gasteiger partial charge in [0.2, 0.25) is 15.9 Å². The Bertz CT molecular complexity index is 921. The monoisotopic (exact) mass is 432 g/mol. The fraction of sp³-hybridized carbons (Fsp3) is 0.409. The van der Waals surface area contributed by atoms with Crippen molar-refractivity contribution in [2.75, 3.05) is 32.1 Å². The highest BCUT2D eigenvalue weighted by molar-refractivity contribution is 7.89. The molecule has 0 unspecified atom stereocenters. The third-order valence-electron chi connectivity index (χ3n) is 4.97. The topological polar surface area (TPSA) is 84.9 Å². The number of ether oxygens (including phenoxy) is 2. The van der Waals surface area contributed by atoms with E-state index < -0.39 is 10.0 Å². The van der Waals surface area contributed by atoms with E-state index in [-0.39, 0.29) is 10.8 Å². The number of methoxy groups -OCH3 is 1. The Hall–Kier alpha value is -2.58. The minimum absolute atomic E-state index is 0.139. The fourth-order valence-electron chi connectivity index (χ4n) is 3.28. The summed E-state index contributed by atoms with van der Waals surface area (Å²) in [6.45, 7) is 1.56. The van der Waals surface area contributed by atoms with E-state index in [0.29, 0.717) is 38.2 Å². The highest BCUT2D eigenvalue weighted by Gasteiger charge is 2.25. The molecule has 2 aromatic carbocycles. The van der Waals surface area contributed by atoms with Crippen LogP contribution in [0.5, 0.6) is 11.5 Å². The second kappa shape index (κ2) is 10.4. The first-order valence-corrected chi connectivity index (χ1v) is 11.6. The zero-order valence-corrected chi connectivity index (χ0v) is 18.0. The number of carbonyl (C=O) groups is 1. The number of nitrogens with one attached hydrogen (secondary N) is 1. The van der Waals surface area contributed by atoms with Crippen LogP contribution in [0.1, 0.15) is 32.1 Å². The van der Waals surface area contributed by atoms with Crippen LogP contribution in [0.4, 0.5) is 5.69 Å². The van der Waals surface area contributed by atoms with Crippen molar-refractivity contribution >= 4 is 21.6 Å². The molecule has 0 aliphatic carbocycles. The van der Waals surface area contributed by atoms with Gasteiger partial charge in [-0.05, 0) is 67.8 Å². The summed E-state index contributed by atoms with van der Waals surface area (Å²) < 4.78 is 37.6. The molecule has 1 fully saturated rings. The summed E-state index contributed by atoms with van der Waals surface area (Å²) in [5.74, 6) is 1.35. The predicted molar refractivity (Wildman–Crippen MR) is 115 cm³/mol. The van der Waals surface area contributed by atoms with Crippen LogP contribution in [0.15, 0.2) is 53.4 Å². The second-order valence-corrected chi connectivity index (χ2v) is 9.10. The first-order valence-electron chi connectivity index (χ1n) is 10.2. The largest absolute Gasteiger partial charge is 0.497 e. The van der Waals surface area contributed by atoms with Crippen LogP contribution in [0.3, 0.4) is 0 Å². The molecule has 1 N–H and O–H groups in total. The molecule has 1 aliphatic rings. The van der Waals surface area contributed by atoms with E-state index in [1.54, 1.807) is 31.4 Å². The number of amides is 1. The molecule has 1 amide bonds. The number of piperidine rings is 1. The third-order valence-corrected chi connectivity index (χ3v) is 6.88. The molecule has 0 bridgehead atoms. The molecule has 7 nitrogen and oxygen atoms in total. The minimum Gasteiger partial charge on any atom is -0.497 e. The maximum absolute atomic E-state index is 12.7. The van der Waals surface area contributed by atoms with Crippen molar-refractivity contribution in [3.05, 3.63) is 48.5 Å². The lowest BCUT2D eigenvalue weighted by atomic mass is 10.2. The third kappa shape index (κ3) is 5.96. The van der Waals surface area contributed by atoms with Gasteiger partial charge in [-0.15, -0.1) is 0 Å². The van der Waals surface area contributed by atoms with Gasteiger partial charge in [-0.1, -0.05) is 6.42 Å². The molecule has 3 rings (SSSR count). The van der Waals surface area contributed by atoms with Gasteiger partial charge in [0.05, 0.1) is 18.6 Å². The van der Waals surface area contributed by atoms with Crippen molar-refractivity contribution in [1.29, 1.82) is 0 Å². The van der Waals surface area contributed by atoms with Crippen LogP contribution >= 0.6 is 0 Å². The van der Waals surface area contributed by atoms with E-state index in [2.05, 4.69) is 5.32 Å². The van der Waals surface area contributed by atoms with Crippen molar-refractivity contribution in [3.63, 3.8) is 0 Å². The lowest BCUT2D eigenvalue weighted by Gasteiger charge is -2.25. The number of nitrogens with zero attached hydrogens (tertiary/aromatic N) is 1. The smallest absolute Gasteiger partial charge is 0.243 e. The Kier molecular flexibility index (Phi) is 7.70. The Labute approximate surface area is 178 Å². The zero-order valence-electron chi connectivity index (χ0n) is 17.2. The summed E-state index contributed by atoms with van der Waals surface area (Å²) in [6, 6.07) is 13.6. The van der Waals surface area contributed by atoms with Gasteiger partial charge in [0.25, 0.3) is 0 Å². The van der Waals surface area contributed by atoms with Crippen molar-refractivity contribution in [2.24, 2.45) is 0 Å². The molecular formula is C22H28N2O5S. The Balaban J connectivity index is 1.43. The highest BCUT2D eigenvalue weighted by atomic mass is 32.2. The van der Waals surface area contributed by atoms with E-state index in [0.717, 1.165) is 30.8 Å². The van der Waals surface area contributed by atoms with Crippen LogP contribution < -0.4 is 14.8 Å². The molecule has 0 aromatic heterocycles. The Morgan fingerprint density at radius 2 is 1.60 bits per heavy atom. The molecule has 30 heavy (non-hydrogen) atoms. The summed E-state index contributed by atoms with van der Waals surface area (Å²) in [5.41, 5.74) is 0.577. The fourth-order valence-corrected chi connectivity index (χ4v) is 4.80. The lowest BCUT2D eigenvalue weighted by molar-refractivity contribution is -0.116. The van der Waals surface area contributed by atoms with Gasteiger partial charge < -0.3 is 14.8 Å². The van der Waals surface area contributed by atoms with Crippen molar-refractivity contribution < 1.29 is 22.7 Å². The van der Waals surface area contributed by atoms with Gasteiger partial charge >= 0.3 is 0 Å². The maximum Gasteiger partial charge on any atom is 0.243 e. The average molecular weight is 433 g/mol. The van der Waals surface area contributed by atoms with E-state index in [4.69, 9.17) is 9.47 Å². The molecule has 1 aliphatic heterocycles. The number of rotatable bonds is 9. The Morgan fingerprint density at radius 3 is 2.23 bits per heavy atom. The second-order valence-electron chi connectivity index (χ2n) is 7.16. The SMILES string of the molecule is COc1ccc(OCCCC(=O)Nc2ccc(S(=O)(=O)N3CCCCC3)cc2)cc1. The lowest BCUT2D eigenvalue weighted by Crippen LogP contribution is -2.35. The molecule has 0 atom stereocenters. The van der Waals surface area contributed by atoms with Crippen molar-refractivity contribution in [3.8, 4) is 11.5 Å². The van der Waals surface area contributed by atoms with Crippen LogP contribution in [0.25, 0.3) is 0 Å². The van der Waals surface area contributed by atoms with Gasteiger partial charge in [-0.3, -0.25) is 4.79 Å². The van der Waals surface area contributed by atoms with Crippen molar-refractivity contribution in [1.82, 2.24) is 4.31 Å². The van der Waals surface area contributed by atoms with Crippen LogP contribution in [-0.2, 0) is 14.8 Å². The number of hydrogen-bond acceptors (Lipinski definition) is 5. The summed E-state index contributed by atoms with van der Waals surface area (Å²) in [4.78, 5) is 12.4. The summed E-state index contributed by atoms with van der Waals surface area (Å²) >= 11 is 0. The normalized spacial score (nSPS) is 14.8. The molecule has 2 aromatic rings. The van der Waals surface area contributed by atoms with Gasteiger partial charge in [0.1, 0.15) is 11.5 Å². The number of sulfonamides is 1. The molecule has 0 saturated carbocycles. The maximum atomic E-state index is 12.7. The standard InChI is InChI=1S/C22H28N2O5S/c1-28-19-9-11-20(12-10-19)29-17-5-6-22(25)23-18-7-13-21(14-8-18)30(26,27)24-15-3-2-4-16-24/h7-14H,2-6,15-17H2,1H3,(H,23,25). The van der Waals surface area contributed by atoms with Gasteiger partial charge in [-0.2, -0.15) is 4.31 Å². The van der Waals surface area contributed by atoms with E-state index in [1.165, 1.54) is 4.31 Å². The Morgan fingerprint density at radius 1 is 0.967 bits per heavy atom. The molecule has 8 heteroatoms. The van der Waals surface area contributed by atoms with Gasteiger partial charge in [0, 0.05) is 25.2 Å². The number of hydrogen-bond donors (Lipinski definition) is 1. The number of benzene rings is 2. The number of carbonyl (C=O) groups excluding carboxylic acids is 1. The molecule has 0 spiro atoms. The zero-order chi connectivity index (χ0) is 21.4. The molecule has 0 radical (unpaired) electrons. The summed E-state index contributed by atoms with van der Waals surface area (Å²) in [5, 5.41) is 2.79. The summed E-state index contributed by atoms with van der Waals surface area (Å²) in [7, 11) is -1.85. The summed E-state index contributed by atoms with van der Waals surface area (Å²) in [6.07, 6.45) is 3.75. The van der Waals surface area contributed by atoms with Crippen LogP contribution in [0, 0.1) is 0 Å². The van der Waals surface area contributed by atoms with Gasteiger partial charge in [0.15, 0.2) is 0 Å². The molecule has 1 saturated heterocycles. The van der Waals surface area contributed by atoms with E-state index in [9.17, 15) is 13.2 Å². The molecule has 162 valence electrons. The average Bonchev–Trinajstić information content (AvgIpc) is 2.78. The first-order chi connectivity index (χ1) is 14.5. The molecular weight excluding hydrogens is 404 g/mol. The van der Waals surface area contributed by atoms with Crippen molar-refractivity contribution in [2.45, 2.75) is 37.0 Å². The van der Waals surface area contributed by atoms with Crippen LogP contribution in [0.2, 0.25) is 0 Å².